The summed E-state index contributed by atoms with van der Waals surface area (Å²) in [5.41, 5.74) is 7.06. The SMILES string of the molecule is CN=C(N=CN)c1ccc(C2CCC(CO)O2)[nH]1. The molecule has 0 amide bonds. The standard InChI is InChI=1S/C12H18N4O2/c1-14-12(15-7-13)10-4-3-9(16-10)11-5-2-8(6-17)18-11/h3-4,7-8,11,16-17H,2,5-6H2,1H3,(H2,13,14,15). The number of H-pyrrole nitrogens is 1. The van der Waals surface area contributed by atoms with Crippen molar-refractivity contribution in [1.82, 2.24) is 4.98 Å². The van der Waals surface area contributed by atoms with Crippen molar-refractivity contribution < 1.29 is 9.84 Å². The Morgan fingerprint density at radius 1 is 1.61 bits per heavy atom. The molecule has 0 aliphatic carbocycles. The third-order valence-electron chi connectivity index (χ3n) is 3.02. The van der Waals surface area contributed by atoms with Crippen LogP contribution < -0.4 is 5.73 Å². The van der Waals surface area contributed by atoms with Crippen LogP contribution in [-0.2, 0) is 4.74 Å². The lowest BCUT2D eigenvalue weighted by Gasteiger charge is -2.10. The van der Waals surface area contributed by atoms with E-state index in [1.165, 1.54) is 6.34 Å². The van der Waals surface area contributed by atoms with E-state index >= 15 is 0 Å². The van der Waals surface area contributed by atoms with Crippen LogP contribution in [0.1, 0.15) is 30.3 Å². The second kappa shape index (κ2) is 5.79. The van der Waals surface area contributed by atoms with Gasteiger partial charge in [-0.2, -0.15) is 0 Å². The Kier molecular flexibility index (Phi) is 4.11. The van der Waals surface area contributed by atoms with E-state index in [-0.39, 0.29) is 18.8 Å². The number of aliphatic hydroxyl groups excluding tert-OH is 1. The zero-order chi connectivity index (χ0) is 13.0. The van der Waals surface area contributed by atoms with Crippen LogP contribution in [0.25, 0.3) is 0 Å². The molecule has 1 aliphatic heterocycles. The number of hydrogen-bond donors (Lipinski definition) is 3. The number of aromatic nitrogens is 1. The molecule has 0 aromatic carbocycles. The smallest absolute Gasteiger partial charge is 0.172 e. The van der Waals surface area contributed by atoms with E-state index in [2.05, 4.69) is 15.0 Å². The van der Waals surface area contributed by atoms with Gasteiger partial charge >= 0.3 is 0 Å². The van der Waals surface area contributed by atoms with Gasteiger partial charge in [-0.25, -0.2) is 4.99 Å². The molecule has 18 heavy (non-hydrogen) atoms. The minimum absolute atomic E-state index is 0.0101. The van der Waals surface area contributed by atoms with Crippen LogP contribution in [0, 0.1) is 0 Å². The maximum atomic E-state index is 9.04. The van der Waals surface area contributed by atoms with Gasteiger partial charge in [-0.3, -0.25) is 4.99 Å². The van der Waals surface area contributed by atoms with E-state index < -0.39 is 0 Å². The monoisotopic (exact) mass is 250 g/mol. The van der Waals surface area contributed by atoms with Crippen LogP contribution in [0.15, 0.2) is 22.1 Å². The van der Waals surface area contributed by atoms with E-state index in [4.69, 9.17) is 15.6 Å². The molecule has 0 saturated carbocycles. The number of aromatic amines is 1. The zero-order valence-electron chi connectivity index (χ0n) is 10.3. The molecule has 6 nitrogen and oxygen atoms in total. The van der Waals surface area contributed by atoms with Crippen molar-refractivity contribution in [1.29, 1.82) is 0 Å². The Balaban J connectivity index is 2.11. The third kappa shape index (κ3) is 2.60. The minimum atomic E-state index is -0.0527. The van der Waals surface area contributed by atoms with Gasteiger partial charge in [0, 0.05) is 12.7 Å². The Morgan fingerprint density at radius 3 is 3.06 bits per heavy atom. The summed E-state index contributed by atoms with van der Waals surface area (Å²) < 4.78 is 5.70. The van der Waals surface area contributed by atoms with E-state index in [1.54, 1.807) is 7.05 Å². The van der Waals surface area contributed by atoms with Crippen molar-refractivity contribution in [3.05, 3.63) is 23.5 Å². The van der Waals surface area contributed by atoms with Gasteiger partial charge < -0.3 is 20.6 Å². The fourth-order valence-electron chi connectivity index (χ4n) is 2.12. The summed E-state index contributed by atoms with van der Waals surface area (Å²) in [5, 5.41) is 9.04. The predicted molar refractivity (Wildman–Crippen MR) is 69.9 cm³/mol. The molecule has 1 aromatic heterocycles. The number of nitrogens with one attached hydrogen (secondary N) is 1. The summed E-state index contributed by atoms with van der Waals surface area (Å²) in [6.07, 6.45) is 2.96. The van der Waals surface area contributed by atoms with E-state index in [0.717, 1.165) is 24.2 Å². The summed E-state index contributed by atoms with van der Waals surface area (Å²) in [6, 6.07) is 3.86. The molecular formula is C12H18N4O2. The average molecular weight is 250 g/mol. The molecule has 0 bridgehead atoms. The lowest BCUT2D eigenvalue weighted by atomic mass is 10.1. The highest BCUT2D eigenvalue weighted by atomic mass is 16.5. The van der Waals surface area contributed by atoms with Crippen molar-refractivity contribution >= 4 is 12.2 Å². The summed E-state index contributed by atoms with van der Waals surface area (Å²) >= 11 is 0. The maximum absolute atomic E-state index is 9.04. The number of amidine groups is 1. The summed E-state index contributed by atoms with van der Waals surface area (Å²) in [6.45, 7) is 0.0726. The number of hydrogen-bond acceptors (Lipinski definition) is 3. The van der Waals surface area contributed by atoms with Crippen LogP contribution in [-0.4, -0.2) is 42.0 Å². The van der Waals surface area contributed by atoms with Gasteiger partial charge in [0.25, 0.3) is 0 Å². The fraction of sp³-hybridized carbons (Fsp3) is 0.500. The molecule has 0 spiro atoms. The lowest BCUT2D eigenvalue weighted by molar-refractivity contribution is 0.00943. The molecule has 1 saturated heterocycles. The molecule has 2 atom stereocenters. The van der Waals surface area contributed by atoms with Gasteiger partial charge in [0.1, 0.15) is 0 Å². The van der Waals surface area contributed by atoms with Crippen LogP contribution in [0.4, 0.5) is 0 Å². The fourth-order valence-corrected chi connectivity index (χ4v) is 2.12. The highest BCUT2D eigenvalue weighted by Gasteiger charge is 2.27. The maximum Gasteiger partial charge on any atom is 0.172 e. The minimum Gasteiger partial charge on any atom is -0.394 e. The quantitative estimate of drug-likeness (QED) is 0.541. The van der Waals surface area contributed by atoms with Crippen molar-refractivity contribution in [3.63, 3.8) is 0 Å². The number of rotatable bonds is 3. The summed E-state index contributed by atoms with van der Waals surface area (Å²) in [4.78, 5) is 11.2. The number of aliphatic imine (C=N–C) groups is 2. The highest BCUT2D eigenvalue weighted by Crippen LogP contribution is 2.31. The van der Waals surface area contributed by atoms with Crippen LogP contribution in [0.5, 0.6) is 0 Å². The average Bonchev–Trinajstić information content (AvgIpc) is 3.03. The molecule has 98 valence electrons. The van der Waals surface area contributed by atoms with Crippen LogP contribution in [0.3, 0.4) is 0 Å². The molecule has 4 N–H and O–H groups in total. The molecule has 6 heteroatoms. The first kappa shape index (κ1) is 12.8. The van der Waals surface area contributed by atoms with Gasteiger partial charge in [0.05, 0.1) is 30.8 Å². The molecule has 1 fully saturated rings. The van der Waals surface area contributed by atoms with Gasteiger partial charge in [-0.1, -0.05) is 0 Å². The third-order valence-corrected chi connectivity index (χ3v) is 3.02. The summed E-state index contributed by atoms with van der Waals surface area (Å²) in [5.74, 6) is 0.556. The molecule has 1 aliphatic rings. The Morgan fingerprint density at radius 2 is 2.44 bits per heavy atom. The Hall–Kier alpha value is -1.66. The van der Waals surface area contributed by atoms with Crippen molar-refractivity contribution in [3.8, 4) is 0 Å². The molecule has 2 rings (SSSR count). The topological polar surface area (TPSA) is 96.0 Å². The lowest BCUT2D eigenvalue weighted by Crippen LogP contribution is -2.11. The van der Waals surface area contributed by atoms with Gasteiger partial charge in [-0.15, -0.1) is 0 Å². The van der Waals surface area contributed by atoms with E-state index in [0.29, 0.717) is 5.84 Å². The highest BCUT2D eigenvalue weighted by molar-refractivity contribution is 6.01. The Labute approximate surface area is 106 Å². The molecule has 1 aromatic rings. The van der Waals surface area contributed by atoms with Crippen LogP contribution >= 0.6 is 0 Å². The van der Waals surface area contributed by atoms with E-state index in [1.807, 2.05) is 12.1 Å². The molecule has 2 unspecified atom stereocenters. The molecule has 0 radical (unpaired) electrons. The van der Waals surface area contributed by atoms with Crippen LogP contribution in [0.2, 0.25) is 0 Å². The first-order chi connectivity index (χ1) is 8.78. The number of aliphatic hydroxyl groups is 1. The number of ether oxygens (including phenoxy) is 1. The number of nitrogens with zero attached hydrogens (tertiary/aromatic N) is 2. The van der Waals surface area contributed by atoms with Crippen molar-refractivity contribution in [2.45, 2.75) is 25.0 Å². The predicted octanol–water partition coefficient (Wildman–Crippen LogP) is 0.591. The second-order valence-electron chi connectivity index (χ2n) is 4.16. The van der Waals surface area contributed by atoms with Gasteiger partial charge in [0.2, 0.25) is 0 Å². The van der Waals surface area contributed by atoms with Crippen molar-refractivity contribution in [2.24, 2.45) is 15.7 Å². The van der Waals surface area contributed by atoms with E-state index in [9.17, 15) is 0 Å². The normalized spacial score (nSPS) is 25.1. The number of nitrogens with two attached hydrogens (primary N) is 1. The largest absolute Gasteiger partial charge is 0.394 e. The van der Waals surface area contributed by atoms with Gasteiger partial charge in [-0.05, 0) is 25.0 Å². The molecular weight excluding hydrogens is 232 g/mol. The van der Waals surface area contributed by atoms with Gasteiger partial charge in [0.15, 0.2) is 5.84 Å². The first-order valence-electron chi connectivity index (χ1n) is 5.95. The second-order valence-corrected chi connectivity index (χ2v) is 4.16. The Bertz CT molecular complexity index is 453. The first-order valence-corrected chi connectivity index (χ1v) is 5.95. The molecule has 2 heterocycles. The summed E-state index contributed by atoms with van der Waals surface area (Å²) in [7, 11) is 1.66. The zero-order valence-corrected chi connectivity index (χ0v) is 10.3. The van der Waals surface area contributed by atoms with Crippen molar-refractivity contribution in [2.75, 3.05) is 13.7 Å².